The molecule has 2 nitrogen and oxygen atoms in total. The zero-order chi connectivity index (χ0) is 14.7. The summed E-state index contributed by atoms with van der Waals surface area (Å²) in [6, 6.07) is 17.7. The first-order valence-electron chi connectivity index (χ1n) is 7.88. The average Bonchev–Trinajstić information content (AvgIpc) is 2.46. The molecule has 0 aromatic heterocycles. The molecule has 0 saturated heterocycles. The van der Waals surface area contributed by atoms with Gasteiger partial charge in [0.15, 0.2) is 0 Å². The maximum Gasteiger partial charge on any atom is 0.0500 e. The number of hydrogen-bond acceptors (Lipinski definition) is 2. The van der Waals surface area contributed by atoms with Crippen LogP contribution in [-0.2, 0) is 6.42 Å². The Kier molecular flexibility index (Phi) is 4.37. The quantitative estimate of drug-likeness (QED) is 0.641. The van der Waals surface area contributed by atoms with E-state index >= 15 is 0 Å². The molecule has 0 radical (unpaired) electrons. The minimum atomic E-state index is 0.168. The van der Waals surface area contributed by atoms with Gasteiger partial charge in [-0.3, -0.25) is 11.3 Å². The Labute approximate surface area is 127 Å². The molecule has 2 aromatic rings. The highest BCUT2D eigenvalue weighted by atomic mass is 15.2. The van der Waals surface area contributed by atoms with Crippen molar-refractivity contribution < 1.29 is 0 Å². The van der Waals surface area contributed by atoms with Crippen molar-refractivity contribution in [3.8, 4) is 0 Å². The van der Waals surface area contributed by atoms with Crippen LogP contribution in [0.1, 0.15) is 53.5 Å². The molecule has 0 amide bonds. The van der Waals surface area contributed by atoms with Crippen LogP contribution in [0.25, 0.3) is 0 Å². The van der Waals surface area contributed by atoms with Crippen molar-refractivity contribution >= 4 is 0 Å². The van der Waals surface area contributed by atoms with E-state index < -0.39 is 0 Å². The molecule has 1 unspecified atom stereocenters. The molecule has 1 atom stereocenters. The van der Waals surface area contributed by atoms with Crippen LogP contribution in [0.2, 0.25) is 0 Å². The minimum absolute atomic E-state index is 0.168. The summed E-state index contributed by atoms with van der Waals surface area (Å²) in [4.78, 5) is 0. The predicted molar refractivity (Wildman–Crippen MR) is 88.0 cm³/mol. The van der Waals surface area contributed by atoms with Crippen LogP contribution >= 0.6 is 0 Å². The fourth-order valence-corrected chi connectivity index (χ4v) is 3.07. The van der Waals surface area contributed by atoms with Crippen molar-refractivity contribution in [1.29, 1.82) is 0 Å². The zero-order valence-corrected chi connectivity index (χ0v) is 12.7. The van der Waals surface area contributed by atoms with Gasteiger partial charge in [-0.1, -0.05) is 55.0 Å². The number of rotatable bonds is 5. The lowest BCUT2D eigenvalue weighted by atomic mass is 9.79. The van der Waals surface area contributed by atoms with Crippen LogP contribution in [0.5, 0.6) is 0 Å². The van der Waals surface area contributed by atoms with Crippen molar-refractivity contribution in [2.24, 2.45) is 5.84 Å². The SMILES string of the molecule is Cc1ccccc1CC(NN)c1ccc(C2CCC2)cc1. The highest BCUT2D eigenvalue weighted by Crippen LogP contribution is 2.36. The van der Waals surface area contributed by atoms with Crippen molar-refractivity contribution in [2.75, 3.05) is 0 Å². The van der Waals surface area contributed by atoms with E-state index in [4.69, 9.17) is 5.84 Å². The Morgan fingerprint density at radius 3 is 2.38 bits per heavy atom. The molecule has 2 aromatic carbocycles. The molecule has 0 bridgehead atoms. The molecular formula is C19H24N2. The van der Waals surface area contributed by atoms with E-state index in [9.17, 15) is 0 Å². The summed E-state index contributed by atoms with van der Waals surface area (Å²) in [6.45, 7) is 2.16. The highest BCUT2D eigenvalue weighted by Gasteiger charge is 2.19. The van der Waals surface area contributed by atoms with Gasteiger partial charge in [-0.15, -0.1) is 0 Å². The Morgan fingerprint density at radius 1 is 1.10 bits per heavy atom. The summed E-state index contributed by atoms with van der Waals surface area (Å²) >= 11 is 0. The number of benzene rings is 2. The average molecular weight is 280 g/mol. The smallest absolute Gasteiger partial charge is 0.0500 e. The van der Waals surface area contributed by atoms with E-state index in [1.807, 2.05) is 0 Å². The Hall–Kier alpha value is -1.64. The minimum Gasteiger partial charge on any atom is -0.271 e. The molecule has 110 valence electrons. The van der Waals surface area contributed by atoms with Crippen LogP contribution in [0.4, 0.5) is 0 Å². The van der Waals surface area contributed by atoms with E-state index in [1.54, 1.807) is 0 Å². The number of nitrogens with one attached hydrogen (secondary N) is 1. The maximum absolute atomic E-state index is 5.79. The number of hydrogen-bond donors (Lipinski definition) is 2. The van der Waals surface area contributed by atoms with Crippen LogP contribution in [0, 0.1) is 6.92 Å². The van der Waals surface area contributed by atoms with Crippen molar-refractivity contribution in [3.05, 3.63) is 70.8 Å². The van der Waals surface area contributed by atoms with E-state index in [-0.39, 0.29) is 6.04 Å². The molecule has 3 N–H and O–H groups in total. The normalized spacial score (nSPS) is 16.5. The van der Waals surface area contributed by atoms with E-state index in [1.165, 1.54) is 41.5 Å². The lowest BCUT2D eigenvalue weighted by Crippen LogP contribution is -2.29. The highest BCUT2D eigenvalue weighted by molar-refractivity contribution is 5.32. The Balaban J connectivity index is 1.75. The lowest BCUT2D eigenvalue weighted by molar-refractivity contribution is 0.419. The fraction of sp³-hybridized carbons (Fsp3) is 0.368. The van der Waals surface area contributed by atoms with E-state index in [0.29, 0.717) is 0 Å². The lowest BCUT2D eigenvalue weighted by Gasteiger charge is -2.26. The van der Waals surface area contributed by atoms with Gasteiger partial charge in [-0.05, 0) is 54.4 Å². The van der Waals surface area contributed by atoms with Crippen LogP contribution in [0.15, 0.2) is 48.5 Å². The third-order valence-electron chi connectivity index (χ3n) is 4.80. The number of aryl methyl sites for hydroxylation is 1. The summed E-state index contributed by atoms with van der Waals surface area (Å²) in [5, 5.41) is 0. The number of nitrogens with two attached hydrogens (primary N) is 1. The summed E-state index contributed by atoms with van der Waals surface area (Å²) in [7, 11) is 0. The summed E-state index contributed by atoms with van der Waals surface area (Å²) in [6.07, 6.45) is 5.00. The van der Waals surface area contributed by atoms with Gasteiger partial charge in [-0.2, -0.15) is 0 Å². The summed E-state index contributed by atoms with van der Waals surface area (Å²) in [5.41, 5.74) is 8.39. The van der Waals surface area contributed by atoms with Crippen LogP contribution < -0.4 is 11.3 Å². The van der Waals surface area contributed by atoms with Gasteiger partial charge in [0.1, 0.15) is 0 Å². The first-order valence-corrected chi connectivity index (χ1v) is 7.88. The summed E-state index contributed by atoms with van der Waals surface area (Å²) < 4.78 is 0. The van der Waals surface area contributed by atoms with Gasteiger partial charge >= 0.3 is 0 Å². The topological polar surface area (TPSA) is 38.0 Å². The van der Waals surface area contributed by atoms with Gasteiger partial charge in [0.05, 0.1) is 0 Å². The van der Waals surface area contributed by atoms with Crippen molar-refractivity contribution in [2.45, 2.75) is 44.6 Å². The van der Waals surface area contributed by atoms with E-state index in [2.05, 4.69) is 60.9 Å². The standard InChI is InChI=1S/C19H24N2/c1-14-5-2-3-6-18(14)13-19(21-20)17-11-9-16(10-12-17)15-7-4-8-15/h2-3,5-6,9-12,15,19,21H,4,7-8,13,20H2,1H3. The predicted octanol–water partition coefficient (Wildman–Crippen LogP) is 4.01. The third-order valence-corrected chi connectivity index (χ3v) is 4.80. The van der Waals surface area contributed by atoms with Crippen molar-refractivity contribution in [3.63, 3.8) is 0 Å². The molecular weight excluding hydrogens is 256 g/mol. The van der Waals surface area contributed by atoms with Gasteiger partial charge in [-0.25, -0.2) is 0 Å². The second-order valence-electron chi connectivity index (χ2n) is 6.14. The third kappa shape index (κ3) is 3.17. The van der Waals surface area contributed by atoms with Crippen LogP contribution in [-0.4, -0.2) is 0 Å². The second-order valence-corrected chi connectivity index (χ2v) is 6.14. The zero-order valence-electron chi connectivity index (χ0n) is 12.7. The first-order chi connectivity index (χ1) is 10.3. The molecule has 2 heteroatoms. The van der Waals surface area contributed by atoms with Gasteiger partial charge in [0.25, 0.3) is 0 Å². The van der Waals surface area contributed by atoms with Gasteiger partial charge < -0.3 is 0 Å². The molecule has 1 saturated carbocycles. The van der Waals surface area contributed by atoms with Gasteiger partial charge in [0.2, 0.25) is 0 Å². The van der Waals surface area contributed by atoms with E-state index in [0.717, 1.165) is 12.3 Å². The second kappa shape index (κ2) is 6.42. The number of hydrazine groups is 1. The molecule has 0 heterocycles. The Bertz CT molecular complexity index is 585. The first kappa shape index (κ1) is 14.3. The molecule has 21 heavy (non-hydrogen) atoms. The largest absolute Gasteiger partial charge is 0.271 e. The summed E-state index contributed by atoms with van der Waals surface area (Å²) in [5.74, 6) is 6.58. The molecule has 1 aliphatic rings. The van der Waals surface area contributed by atoms with Gasteiger partial charge in [0, 0.05) is 6.04 Å². The molecule has 0 aliphatic heterocycles. The molecule has 1 fully saturated rings. The Morgan fingerprint density at radius 2 is 1.81 bits per heavy atom. The molecule has 0 spiro atoms. The molecule has 3 rings (SSSR count). The fourth-order valence-electron chi connectivity index (χ4n) is 3.07. The van der Waals surface area contributed by atoms with Crippen LogP contribution in [0.3, 0.4) is 0 Å². The monoisotopic (exact) mass is 280 g/mol. The maximum atomic E-state index is 5.79. The molecule has 1 aliphatic carbocycles. The van der Waals surface area contributed by atoms with Crippen molar-refractivity contribution in [1.82, 2.24) is 5.43 Å².